The van der Waals surface area contributed by atoms with Crippen molar-refractivity contribution in [1.82, 2.24) is 10.2 Å². The lowest BCUT2D eigenvalue weighted by atomic mass is 10.00. The van der Waals surface area contributed by atoms with Crippen molar-refractivity contribution in [3.05, 3.63) is 0 Å². The SMILES string of the molecule is NCCC1CCCCN1C(=O)NCC(F)(F)F. The molecule has 1 unspecified atom stereocenters. The van der Waals surface area contributed by atoms with Gasteiger partial charge in [-0.2, -0.15) is 13.2 Å². The van der Waals surface area contributed by atoms with E-state index in [-0.39, 0.29) is 6.04 Å². The number of halogens is 3. The van der Waals surface area contributed by atoms with Gasteiger partial charge in [0.15, 0.2) is 0 Å². The molecule has 1 aliphatic heterocycles. The first-order valence-corrected chi connectivity index (χ1v) is 5.75. The van der Waals surface area contributed by atoms with Gasteiger partial charge in [-0.1, -0.05) is 0 Å². The number of hydrogen-bond acceptors (Lipinski definition) is 2. The van der Waals surface area contributed by atoms with E-state index in [0.29, 0.717) is 19.5 Å². The van der Waals surface area contributed by atoms with Gasteiger partial charge in [0.2, 0.25) is 0 Å². The van der Waals surface area contributed by atoms with Crippen LogP contribution in [0.25, 0.3) is 0 Å². The minimum Gasteiger partial charge on any atom is -0.330 e. The predicted octanol–water partition coefficient (Wildman–Crippen LogP) is 1.46. The zero-order chi connectivity index (χ0) is 12.9. The van der Waals surface area contributed by atoms with Crippen LogP contribution in [-0.4, -0.2) is 42.8 Å². The molecule has 1 fully saturated rings. The Kier molecular flexibility index (Phi) is 5.04. The van der Waals surface area contributed by atoms with E-state index in [1.165, 1.54) is 4.90 Å². The first-order valence-electron chi connectivity index (χ1n) is 5.75. The lowest BCUT2D eigenvalue weighted by Crippen LogP contribution is -2.50. The quantitative estimate of drug-likeness (QED) is 0.800. The molecule has 3 N–H and O–H groups in total. The Labute approximate surface area is 98.3 Å². The minimum atomic E-state index is -4.37. The Morgan fingerprint density at radius 1 is 1.41 bits per heavy atom. The maximum atomic E-state index is 12.0. The van der Waals surface area contributed by atoms with Gasteiger partial charge in [0.05, 0.1) is 0 Å². The fourth-order valence-corrected chi connectivity index (χ4v) is 2.04. The van der Waals surface area contributed by atoms with Gasteiger partial charge in [-0.15, -0.1) is 0 Å². The summed E-state index contributed by atoms with van der Waals surface area (Å²) in [7, 11) is 0. The van der Waals surface area contributed by atoms with E-state index in [2.05, 4.69) is 0 Å². The fraction of sp³-hybridized carbons (Fsp3) is 0.900. The molecule has 1 aliphatic rings. The van der Waals surface area contributed by atoms with Gasteiger partial charge in [0.25, 0.3) is 0 Å². The number of nitrogens with two attached hydrogens (primary N) is 1. The van der Waals surface area contributed by atoms with Gasteiger partial charge in [0, 0.05) is 12.6 Å². The molecular formula is C10H18F3N3O. The molecular weight excluding hydrogens is 235 g/mol. The molecule has 0 aliphatic carbocycles. The van der Waals surface area contributed by atoms with Crippen LogP contribution in [0, 0.1) is 0 Å². The van der Waals surface area contributed by atoms with Gasteiger partial charge >= 0.3 is 12.2 Å². The average Bonchev–Trinajstić information content (AvgIpc) is 2.26. The second-order valence-electron chi connectivity index (χ2n) is 4.19. The fourth-order valence-electron chi connectivity index (χ4n) is 2.04. The van der Waals surface area contributed by atoms with E-state index in [1.54, 1.807) is 0 Å². The number of carbonyl (C=O) groups is 1. The summed E-state index contributed by atoms with van der Waals surface area (Å²) in [6.07, 6.45) is -1.08. The molecule has 1 heterocycles. The molecule has 0 spiro atoms. The second-order valence-corrected chi connectivity index (χ2v) is 4.19. The van der Waals surface area contributed by atoms with Crippen molar-refractivity contribution in [3.8, 4) is 0 Å². The molecule has 1 atom stereocenters. The number of hydrogen-bond donors (Lipinski definition) is 2. The lowest BCUT2D eigenvalue weighted by Gasteiger charge is -2.35. The third-order valence-electron chi connectivity index (χ3n) is 2.83. The monoisotopic (exact) mass is 253 g/mol. The maximum absolute atomic E-state index is 12.0. The van der Waals surface area contributed by atoms with Crippen molar-refractivity contribution < 1.29 is 18.0 Å². The van der Waals surface area contributed by atoms with E-state index < -0.39 is 18.8 Å². The van der Waals surface area contributed by atoms with E-state index in [4.69, 9.17) is 5.73 Å². The molecule has 1 rings (SSSR count). The van der Waals surface area contributed by atoms with Crippen LogP contribution in [0.4, 0.5) is 18.0 Å². The molecule has 4 nitrogen and oxygen atoms in total. The lowest BCUT2D eigenvalue weighted by molar-refractivity contribution is -0.123. The van der Waals surface area contributed by atoms with Crippen LogP contribution in [0.3, 0.4) is 0 Å². The number of nitrogens with one attached hydrogen (secondary N) is 1. The highest BCUT2D eigenvalue weighted by Crippen LogP contribution is 2.19. The summed E-state index contributed by atoms with van der Waals surface area (Å²) in [6.45, 7) is -0.334. The number of nitrogens with zero attached hydrogens (tertiary/aromatic N) is 1. The maximum Gasteiger partial charge on any atom is 0.405 e. The van der Waals surface area contributed by atoms with Gasteiger partial charge in [-0.05, 0) is 32.2 Å². The van der Waals surface area contributed by atoms with Crippen LogP contribution >= 0.6 is 0 Å². The summed E-state index contributed by atoms with van der Waals surface area (Å²) in [5, 5.41) is 1.90. The molecule has 0 bridgehead atoms. The molecule has 0 radical (unpaired) electrons. The van der Waals surface area contributed by atoms with Crippen molar-refractivity contribution in [2.45, 2.75) is 37.9 Å². The summed E-state index contributed by atoms with van der Waals surface area (Å²) in [5.74, 6) is 0. The third-order valence-corrected chi connectivity index (χ3v) is 2.83. The van der Waals surface area contributed by atoms with Crippen molar-refractivity contribution in [1.29, 1.82) is 0 Å². The molecule has 0 saturated carbocycles. The highest BCUT2D eigenvalue weighted by atomic mass is 19.4. The zero-order valence-corrected chi connectivity index (χ0v) is 9.59. The number of rotatable bonds is 3. The Hall–Kier alpha value is -0.980. The van der Waals surface area contributed by atoms with Gasteiger partial charge in [-0.3, -0.25) is 0 Å². The van der Waals surface area contributed by atoms with Crippen LogP contribution in [0.2, 0.25) is 0 Å². The standard InChI is InChI=1S/C10H18F3N3O/c11-10(12,13)7-15-9(17)16-6-2-1-3-8(16)4-5-14/h8H,1-7,14H2,(H,15,17). The highest BCUT2D eigenvalue weighted by molar-refractivity contribution is 5.74. The number of piperidine rings is 1. The molecule has 1 saturated heterocycles. The topological polar surface area (TPSA) is 58.4 Å². The Balaban J connectivity index is 2.47. The molecule has 100 valence electrons. The molecule has 7 heteroatoms. The summed E-state index contributed by atoms with van der Waals surface area (Å²) in [4.78, 5) is 13.1. The summed E-state index contributed by atoms with van der Waals surface area (Å²) < 4.78 is 35.9. The summed E-state index contributed by atoms with van der Waals surface area (Å²) in [6, 6.07) is -0.664. The molecule has 0 aromatic heterocycles. The Morgan fingerprint density at radius 3 is 2.71 bits per heavy atom. The first kappa shape index (κ1) is 14.1. The molecule has 17 heavy (non-hydrogen) atoms. The summed E-state index contributed by atoms with van der Waals surface area (Å²) in [5.41, 5.74) is 5.43. The average molecular weight is 253 g/mol. The van der Waals surface area contributed by atoms with Crippen LogP contribution < -0.4 is 11.1 Å². The van der Waals surface area contributed by atoms with Crippen molar-refractivity contribution in [3.63, 3.8) is 0 Å². The Bertz CT molecular complexity index is 256. The molecule has 0 aromatic rings. The van der Waals surface area contributed by atoms with Gasteiger partial charge in [-0.25, -0.2) is 4.79 Å². The van der Waals surface area contributed by atoms with E-state index in [0.717, 1.165) is 19.3 Å². The normalized spacial score (nSPS) is 21.4. The summed E-state index contributed by atoms with van der Waals surface area (Å²) >= 11 is 0. The van der Waals surface area contributed by atoms with Crippen molar-refractivity contribution >= 4 is 6.03 Å². The Morgan fingerprint density at radius 2 is 2.12 bits per heavy atom. The predicted molar refractivity (Wildman–Crippen MR) is 57.5 cm³/mol. The minimum absolute atomic E-state index is 0.0259. The number of urea groups is 1. The van der Waals surface area contributed by atoms with Crippen LogP contribution in [0.1, 0.15) is 25.7 Å². The molecule has 2 amide bonds. The first-order chi connectivity index (χ1) is 7.94. The third kappa shape index (κ3) is 4.80. The van der Waals surface area contributed by atoms with Crippen LogP contribution in [-0.2, 0) is 0 Å². The van der Waals surface area contributed by atoms with E-state index in [9.17, 15) is 18.0 Å². The van der Waals surface area contributed by atoms with Gasteiger partial charge < -0.3 is 16.0 Å². The van der Waals surface area contributed by atoms with Crippen LogP contribution in [0.5, 0.6) is 0 Å². The smallest absolute Gasteiger partial charge is 0.330 e. The van der Waals surface area contributed by atoms with E-state index in [1.807, 2.05) is 5.32 Å². The second kappa shape index (κ2) is 6.09. The zero-order valence-electron chi connectivity index (χ0n) is 9.59. The molecule has 0 aromatic carbocycles. The van der Waals surface area contributed by atoms with Crippen LogP contribution in [0.15, 0.2) is 0 Å². The van der Waals surface area contributed by atoms with E-state index >= 15 is 0 Å². The van der Waals surface area contributed by atoms with Crippen molar-refractivity contribution in [2.75, 3.05) is 19.6 Å². The van der Waals surface area contributed by atoms with Crippen molar-refractivity contribution in [2.24, 2.45) is 5.73 Å². The largest absolute Gasteiger partial charge is 0.405 e. The highest BCUT2D eigenvalue weighted by Gasteiger charge is 2.31. The number of carbonyl (C=O) groups excluding carboxylic acids is 1. The number of alkyl halides is 3. The van der Waals surface area contributed by atoms with Gasteiger partial charge in [0.1, 0.15) is 6.54 Å². The number of amides is 2. The number of likely N-dealkylation sites (tertiary alicyclic amines) is 1.